The van der Waals surface area contributed by atoms with Gasteiger partial charge in [0.05, 0.1) is 24.7 Å². The number of benzene rings is 1. The maximum Gasteiger partial charge on any atom is 0.330 e. The third-order valence-electron chi connectivity index (χ3n) is 2.80. The number of non-ortho nitro benzene ring substituents is 1. The number of rotatable bonds is 6. The Kier molecular flexibility index (Phi) is 5.42. The standard InChI is InChI=1S/C14H15NO6/c16-13(19-8-7-14-20-9-10-21-14)6-3-11-1-4-12(5-2-11)15(17)18/h1-6,14H,7-10H2. The fraction of sp³-hybridized carbons (Fsp3) is 0.357. The first-order chi connectivity index (χ1) is 10.1. The van der Waals surface area contributed by atoms with Crippen molar-refractivity contribution in [2.45, 2.75) is 12.7 Å². The summed E-state index contributed by atoms with van der Waals surface area (Å²) in [6.45, 7) is 1.35. The predicted molar refractivity (Wildman–Crippen MR) is 73.4 cm³/mol. The summed E-state index contributed by atoms with van der Waals surface area (Å²) in [6.07, 6.45) is 3.01. The van der Waals surface area contributed by atoms with E-state index in [1.54, 1.807) is 12.1 Å². The highest BCUT2D eigenvalue weighted by Gasteiger charge is 2.15. The average Bonchev–Trinajstić information content (AvgIpc) is 2.99. The third kappa shape index (κ3) is 4.97. The molecule has 1 aromatic rings. The fourth-order valence-corrected chi connectivity index (χ4v) is 1.75. The summed E-state index contributed by atoms with van der Waals surface area (Å²) in [4.78, 5) is 21.5. The van der Waals surface area contributed by atoms with Gasteiger partial charge in [-0.05, 0) is 23.8 Å². The summed E-state index contributed by atoms with van der Waals surface area (Å²) < 4.78 is 15.4. The van der Waals surface area contributed by atoms with Crippen molar-refractivity contribution in [3.63, 3.8) is 0 Å². The van der Waals surface area contributed by atoms with Gasteiger partial charge in [0.25, 0.3) is 5.69 Å². The Morgan fingerprint density at radius 3 is 2.62 bits per heavy atom. The molecule has 1 aliphatic rings. The summed E-state index contributed by atoms with van der Waals surface area (Å²) in [5.74, 6) is -0.480. The molecule has 0 atom stereocenters. The zero-order valence-corrected chi connectivity index (χ0v) is 11.3. The molecule has 0 radical (unpaired) electrons. The number of nitro benzene ring substituents is 1. The van der Waals surface area contributed by atoms with Crippen LogP contribution in [0, 0.1) is 10.1 Å². The number of ether oxygens (including phenoxy) is 3. The maximum atomic E-state index is 11.5. The van der Waals surface area contributed by atoms with Crippen molar-refractivity contribution >= 4 is 17.7 Å². The quantitative estimate of drug-likeness (QED) is 0.344. The first kappa shape index (κ1) is 15.1. The van der Waals surface area contributed by atoms with Crippen LogP contribution in [0.4, 0.5) is 5.69 Å². The molecule has 2 rings (SSSR count). The molecular weight excluding hydrogens is 278 g/mol. The molecule has 21 heavy (non-hydrogen) atoms. The lowest BCUT2D eigenvalue weighted by molar-refractivity contribution is -0.384. The van der Waals surface area contributed by atoms with E-state index in [-0.39, 0.29) is 18.6 Å². The largest absolute Gasteiger partial charge is 0.462 e. The zero-order chi connectivity index (χ0) is 15.1. The number of nitro groups is 1. The van der Waals surface area contributed by atoms with Crippen molar-refractivity contribution in [1.29, 1.82) is 0 Å². The van der Waals surface area contributed by atoms with Crippen molar-refractivity contribution in [2.75, 3.05) is 19.8 Å². The van der Waals surface area contributed by atoms with Crippen LogP contribution in [0.1, 0.15) is 12.0 Å². The van der Waals surface area contributed by atoms with Gasteiger partial charge in [-0.3, -0.25) is 10.1 Å². The number of hydrogen-bond donors (Lipinski definition) is 0. The van der Waals surface area contributed by atoms with Gasteiger partial charge in [0.15, 0.2) is 6.29 Å². The zero-order valence-electron chi connectivity index (χ0n) is 11.3. The Hall–Kier alpha value is -2.25. The van der Waals surface area contributed by atoms with E-state index in [4.69, 9.17) is 14.2 Å². The molecule has 1 aromatic carbocycles. The van der Waals surface area contributed by atoms with Crippen LogP contribution in [0.2, 0.25) is 0 Å². The lowest BCUT2D eigenvalue weighted by atomic mass is 10.2. The van der Waals surface area contributed by atoms with Gasteiger partial charge in [-0.2, -0.15) is 0 Å². The maximum absolute atomic E-state index is 11.5. The molecule has 0 aromatic heterocycles. The SMILES string of the molecule is O=C(C=Cc1ccc([N+](=O)[O-])cc1)OCCC1OCCO1. The van der Waals surface area contributed by atoms with E-state index in [0.29, 0.717) is 25.2 Å². The topological polar surface area (TPSA) is 87.9 Å². The minimum atomic E-state index is -0.480. The summed E-state index contributed by atoms with van der Waals surface area (Å²) in [7, 11) is 0. The highest BCUT2D eigenvalue weighted by atomic mass is 16.7. The number of hydrogen-bond acceptors (Lipinski definition) is 6. The number of nitrogens with zero attached hydrogens (tertiary/aromatic N) is 1. The van der Waals surface area contributed by atoms with E-state index in [1.165, 1.54) is 24.3 Å². The molecule has 0 spiro atoms. The Morgan fingerprint density at radius 2 is 2.00 bits per heavy atom. The average molecular weight is 293 g/mol. The highest BCUT2D eigenvalue weighted by Crippen LogP contribution is 2.13. The van der Waals surface area contributed by atoms with E-state index in [0.717, 1.165) is 0 Å². The van der Waals surface area contributed by atoms with Gasteiger partial charge < -0.3 is 14.2 Å². The van der Waals surface area contributed by atoms with Crippen LogP contribution in [0.3, 0.4) is 0 Å². The van der Waals surface area contributed by atoms with E-state index < -0.39 is 10.9 Å². The minimum Gasteiger partial charge on any atom is -0.462 e. The van der Waals surface area contributed by atoms with Gasteiger partial charge in [0.2, 0.25) is 0 Å². The molecule has 1 aliphatic heterocycles. The molecule has 7 nitrogen and oxygen atoms in total. The van der Waals surface area contributed by atoms with Crippen molar-refractivity contribution in [3.05, 3.63) is 46.0 Å². The normalized spacial score (nSPS) is 15.4. The highest BCUT2D eigenvalue weighted by molar-refractivity contribution is 5.87. The van der Waals surface area contributed by atoms with Crippen LogP contribution in [-0.4, -0.2) is 37.0 Å². The Morgan fingerprint density at radius 1 is 1.33 bits per heavy atom. The van der Waals surface area contributed by atoms with Gasteiger partial charge >= 0.3 is 5.97 Å². The van der Waals surface area contributed by atoms with E-state index in [1.807, 2.05) is 0 Å². The second kappa shape index (κ2) is 7.51. The summed E-state index contributed by atoms with van der Waals surface area (Å²) in [6, 6.07) is 5.86. The summed E-state index contributed by atoms with van der Waals surface area (Å²) in [5, 5.41) is 10.5. The Bertz CT molecular complexity index is 519. The van der Waals surface area contributed by atoms with Crippen LogP contribution in [0.15, 0.2) is 30.3 Å². The molecule has 0 aliphatic carbocycles. The van der Waals surface area contributed by atoms with Crippen LogP contribution < -0.4 is 0 Å². The van der Waals surface area contributed by atoms with Gasteiger partial charge in [0.1, 0.15) is 0 Å². The van der Waals surface area contributed by atoms with Crippen molar-refractivity contribution in [2.24, 2.45) is 0 Å². The molecule has 0 N–H and O–H groups in total. The number of carbonyl (C=O) groups is 1. The van der Waals surface area contributed by atoms with Crippen molar-refractivity contribution < 1.29 is 23.9 Å². The second-order valence-electron chi connectivity index (χ2n) is 4.31. The van der Waals surface area contributed by atoms with Crippen LogP contribution >= 0.6 is 0 Å². The molecule has 1 heterocycles. The molecule has 7 heteroatoms. The number of esters is 1. The first-order valence-corrected chi connectivity index (χ1v) is 6.47. The third-order valence-corrected chi connectivity index (χ3v) is 2.80. The lowest BCUT2D eigenvalue weighted by Crippen LogP contribution is -2.13. The molecular formula is C14H15NO6. The summed E-state index contributed by atoms with van der Waals surface area (Å²) in [5.41, 5.74) is 0.686. The first-order valence-electron chi connectivity index (χ1n) is 6.47. The van der Waals surface area contributed by atoms with Crippen LogP contribution in [-0.2, 0) is 19.0 Å². The summed E-state index contributed by atoms with van der Waals surface area (Å²) >= 11 is 0. The number of carbonyl (C=O) groups excluding carboxylic acids is 1. The smallest absolute Gasteiger partial charge is 0.330 e. The van der Waals surface area contributed by atoms with Gasteiger partial charge in [-0.15, -0.1) is 0 Å². The Balaban J connectivity index is 1.74. The van der Waals surface area contributed by atoms with Gasteiger partial charge in [-0.1, -0.05) is 0 Å². The van der Waals surface area contributed by atoms with Crippen LogP contribution in [0.5, 0.6) is 0 Å². The lowest BCUT2D eigenvalue weighted by Gasteiger charge is -2.07. The van der Waals surface area contributed by atoms with Crippen molar-refractivity contribution in [1.82, 2.24) is 0 Å². The molecule has 1 fully saturated rings. The second-order valence-corrected chi connectivity index (χ2v) is 4.31. The molecule has 0 amide bonds. The molecule has 0 saturated carbocycles. The fourth-order valence-electron chi connectivity index (χ4n) is 1.75. The van der Waals surface area contributed by atoms with E-state index in [2.05, 4.69) is 0 Å². The minimum absolute atomic E-state index is 0.00582. The van der Waals surface area contributed by atoms with Crippen LogP contribution in [0.25, 0.3) is 6.08 Å². The Labute approximate surface area is 121 Å². The molecule has 0 bridgehead atoms. The van der Waals surface area contributed by atoms with E-state index in [9.17, 15) is 14.9 Å². The molecule has 0 unspecified atom stereocenters. The van der Waals surface area contributed by atoms with E-state index >= 15 is 0 Å². The monoisotopic (exact) mass is 293 g/mol. The predicted octanol–water partition coefficient (Wildman–Crippen LogP) is 1.91. The molecule has 1 saturated heterocycles. The van der Waals surface area contributed by atoms with Gasteiger partial charge in [-0.25, -0.2) is 4.79 Å². The molecule has 112 valence electrons. The van der Waals surface area contributed by atoms with Gasteiger partial charge in [0, 0.05) is 24.6 Å². The van der Waals surface area contributed by atoms with Crippen molar-refractivity contribution in [3.8, 4) is 0 Å².